The Morgan fingerprint density at radius 2 is 1.01 bits per heavy atom. The molecule has 26 heteroatoms. The van der Waals surface area contributed by atoms with E-state index in [1.54, 1.807) is 0 Å². The zero-order chi connectivity index (χ0) is 54.1. The molecule has 2 amide bonds. The molecule has 0 N–H and O–H groups in total. The molecule has 2 aromatic heterocycles. The van der Waals surface area contributed by atoms with Crippen molar-refractivity contribution in [1.82, 2.24) is 18.9 Å². The summed E-state index contributed by atoms with van der Waals surface area (Å²) in [6, 6.07) is 17.5. The van der Waals surface area contributed by atoms with Gasteiger partial charge in [0, 0.05) is 72.7 Å². The number of morpholine rings is 2. The Bertz CT molecular complexity index is 3090. The average Bonchev–Trinajstić information content (AvgIpc) is 4.18. The lowest BCUT2D eigenvalue weighted by molar-refractivity contribution is -0.134. The molecular formula is C50H48F6N6O12S2. The van der Waals surface area contributed by atoms with Crippen LogP contribution in [0.1, 0.15) is 48.2 Å². The highest BCUT2D eigenvalue weighted by Crippen LogP contribution is 2.42. The predicted molar refractivity (Wildman–Crippen MR) is 259 cm³/mol. The molecule has 0 saturated carbocycles. The maximum absolute atomic E-state index is 15.4. The third-order valence-electron chi connectivity index (χ3n) is 13.4. The number of carbonyl (C=O) groups excluding carboxylic acids is 2. The number of halogens is 6. The van der Waals surface area contributed by atoms with E-state index in [0.29, 0.717) is 0 Å². The van der Waals surface area contributed by atoms with Gasteiger partial charge in [0.15, 0.2) is 0 Å². The van der Waals surface area contributed by atoms with Crippen LogP contribution in [0.3, 0.4) is 0 Å². The highest BCUT2D eigenvalue weighted by Gasteiger charge is 2.46. The lowest BCUT2D eigenvalue weighted by Crippen LogP contribution is -2.62. The number of fused-ring (bicyclic) bond motifs is 2. The lowest BCUT2D eigenvalue weighted by Gasteiger charge is -2.46. The van der Waals surface area contributed by atoms with Crippen molar-refractivity contribution in [3.63, 3.8) is 0 Å². The van der Waals surface area contributed by atoms with Crippen molar-refractivity contribution in [3.05, 3.63) is 132 Å². The Kier molecular flexibility index (Phi) is 15.9. The molecule has 0 radical (unpaired) electrons. The van der Waals surface area contributed by atoms with Crippen molar-refractivity contribution in [2.24, 2.45) is 0 Å². The van der Waals surface area contributed by atoms with Crippen LogP contribution in [-0.2, 0) is 50.6 Å². The van der Waals surface area contributed by atoms with Crippen LogP contribution in [0.2, 0.25) is 0 Å². The van der Waals surface area contributed by atoms with Gasteiger partial charge in [-0.15, -0.1) is 0 Å². The Morgan fingerprint density at radius 1 is 0.605 bits per heavy atom. The summed E-state index contributed by atoms with van der Waals surface area (Å²) in [6.45, 7) is -0.450. The van der Waals surface area contributed by atoms with E-state index in [2.05, 4.69) is 10.3 Å². The lowest BCUT2D eigenvalue weighted by atomic mass is 9.97. The molecule has 404 valence electrons. The monoisotopic (exact) mass is 1100 g/mol. The normalized spacial score (nSPS) is 20.6. The van der Waals surface area contributed by atoms with Gasteiger partial charge in [0.2, 0.25) is 20.0 Å². The molecule has 4 fully saturated rings. The second-order valence-electron chi connectivity index (χ2n) is 18.0. The zero-order valence-corrected chi connectivity index (χ0v) is 42.1. The van der Waals surface area contributed by atoms with Gasteiger partial charge >= 0.3 is 0 Å². The van der Waals surface area contributed by atoms with E-state index in [1.165, 1.54) is 118 Å². The molecule has 4 aliphatic rings. The van der Waals surface area contributed by atoms with Crippen LogP contribution in [0.5, 0.6) is 11.5 Å². The van der Waals surface area contributed by atoms with Gasteiger partial charge in [0.05, 0.1) is 61.3 Å². The smallest absolute Gasteiger partial charge is 0.263 e. The molecular weight excluding hydrogens is 1050 g/mol. The molecule has 4 aromatic carbocycles. The standard InChI is InChI=1S/2C25H24F3N3O6S/c2*1-35-22-10-18(15-3-2-4-16(9-15)25(27)28)19(26)11-21(22)31-20-5-7-30(12-23(20)36-13-24(31)32)38(33,34)14-17-6-8-37-29-17/h2*2-4,6,8-11,20,23,25H,5,7,12-14H2,1H3/t2*20-,23-/m10/s1. The Morgan fingerprint density at radius 3 is 1.37 bits per heavy atom. The van der Waals surface area contributed by atoms with E-state index >= 15 is 8.78 Å². The van der Waals surface area contributed by atoms with Crippen molar-refractivity contribution in [1.29, 1.82) is 0 Å². The fourth-order valence-corrected chi connectivity index (χ4v) is 12.7. The summed E-state index contributed by atoms with van der Waals surface area (Å²) in [6.07, 6.45) is -3.71. The Hall–Kier alpha value is -6.84. The van der Waals surface area contributed by atoms with Gasteiger partial charge in [-0.05, 0) is 48.2 Å². The zero-order valence-electron chi connectivity index (χ0n) is 40.4. The summed E-state index contributed by atoms with van der Waals surface area (Å²) in [4.78, 5) is 28.7. The predicted octanol–water partition coefficient (Wildman–Crippen LogP) is 7.53. The molecule has 10 rings (SSSR count). The third kappa shape index (κ3) is 11.3. The van der Waals surface area contributed by atoms with Gasteiger partial charge in [-0.2, -0.15) is 8.61 Å². The molecule has 4 saturated heterocycles. The summed E-state index contributed by atoms with van der Waals surface area (Å²) < 4.78 is 170. The summed E-state index contributed by atoms with van der Waals surface area (Å²) in [5.74, 6) is -2.66. The third-order valence-corrected chi connectivity index (χ3v) is 17.0. The fourth-order valence-electron chi connectivity index (χ4n) is 9.76. The number of methoxy groups -OCH3 is 2. The number of rotatable bonds is 14. The molecule has 4 aliphatic heterocycles. The van der Waals surface area contributed by atoms with Crippen LogP contribution in [-0.4, -0.2) is 125 Å². The van der Waals surface area contributed by atoms with Gasteiger partial charge in [0.25, 0.3) is 24.7 Å². The van der Waals surface area contributed by atoms with Crippen molar-refractivity contribution < 1.29 is 80.8 Å². The highest BCUT2D eigenvalue weighted by molar-refractivity contribution is 7.88. The second-order valence-corrected chi connectivity index (χ2v) is 21.9. The number of amides is 2. The maximum atomic E-state index is 15.4. The number of benzene rings is 4. The SMILES string of the molecule is COc1cc(-c2cccc(C(F)F)c2)c(F)cc1N1C(=O)CO[C@@H]2CN(S(=O)(=O)Cc3ccon3)CC[C@H]21.COc1cc(-c2cccc(C(F)F)c2)c(F)cc1N1C(=O)CO[C@H]2CN(S(=O)(=O)Cc3ccon3)CC[C@@H]21. The van der Waals surface area contributed by atoms with E-state index in [-0.39, 0.29) is 131 Å². The van der Waals surface area contributed by atoms with E-state index < -0.39 is 80.6 Å². The van der Waals surface area contributed by atoms with Gasteiger partial charge in [0.1, 0.15) is 60.4 Å². The first-order valence-corrected chi connectivity index (χ1v) is 26.7. The molecule has 0 bridgehead atoms. The van der Waals surface area contributed by atoms with Crippen LogP contribution in [0, 0.1) is 11.6 Å². The van der Waals surface area contributed by atoms with Gasteiger partial charge in [-0.25, -0.2) is 43.2 Å². The minimum absolute atomic E-state index is 0.00205. The number of hydrogen-bond acceptors (Lipinski definition) is 14. The van der Waals surface area contributed by atoms with Gasteiger partial charge in [-0.3, -0.25) is 9.59 Å². The summed E-state index contributed by atoms with van der Waals surface area (Å²) in [7, 11) is -4.74. The molecule has 0 spiro atoms. The van der Waals surface area contributed by atoms with Crippen LogP contribution >= 0.6 is 0 Å². The number of anilines is 2. The van der Waals surface area contributed by atoms with E-state index in [4.69, 9.17) is 28.0 Å². The molecule has 76 heavy (non-hydrogen) atoms. The highest BCUT2D eigenvalue weighted by atomic mass is 32.2. The van der Waals surface area contributed by atoms with Crippen molar-refractivity contribution >= 4 is 43.2 Å². The molecule has 6 aromatic rings. The number of hydrogen-bond donors (Lipinski definition) is 0. The van der Waals surface area contributed by atoms with Gasteiger partial charge < -0.3 is 37.8 Å². The van der Waals surface area contributed by atoms with Crippen molar-refractivity contribution in [3.8, 4) is 33.8 Å². The van der Waals surface area contributed by atoms with E-state index in [1.807, 2.05) is 0 Å². The fraction of sp³-hybridized carbons (Fsp3) is 0.360. The number of carbonyl (C=O) groups is 2. The minimum atomic E-state index is -3.73. The number of alkyl halides is 4. The van der Waals surface area contributed by atoms with Crippen LogP contribution < -0.4 is 19.3 Å². The summed E-state index contributed by atoms with van der Waals surface area (Å²) >= 11 is 0. The first-order valence-electron chi connectivity index (χ1n) is 23.5. The number of nitrogens with zero attached hydrogens (tertiary/aromatic N) is 6. The number of ether oxygens (including phenoxy) is 4. The minimum Gasteiger partial charge on any atom is -0.495 e. The average molecular weight is 1100 g/mol. The number of sulfonamides is 2. The summed E-state index contributed by atoms with van der Waals surface area (Å²) in [5.41, 5.74) is 0.910. The first-order chi connectivity index (χ1) is 36.3. The van der Waals surface area contributed by atoms with E-state index in [9.17, 15) is 44.0 Å². The van der Waals surface area contributed by atoms with Crippen LogP contribution in [0.25, 0.3) is 22.3 Å². The van der Waals surface area contributed by atoms with Crippen molar-refractivity contribution in [2.45, 2.75) is 61.5 Å². The van der Waals surface area contributed by atoms with Crippen molar-refractivity contribution in [2.75, 3.05) is 63.4 Å². The van der Waals surface area contributed by atoms with Crippen LogP contribution in [0.4, 0.5) is 37.7 Å². The molecule has 18 nitrogen and oxygen atoms in total. The van der Waals surface area contributed by atoms with E-state index in [0.717, 1.165) is 12.1 Å². The maximum Gasteiger partial charge on any atom is 0.263 e. The molecule has 4 atom stereocenters. The van der Waals surface area contributed by atoms with Crippen LogP contribution in [0.15, 0.2) is 107 Å². The molecule has 6 heterocycles. The number of piperidine rings is 2. The second kappa shape index (κ2) is 22.4. The topological polar surface area (TPSA) is 204 Å². The Labute approximate surface area is 431 Å². The first kappa shape index (κ1) is 54.0. The number of aromatic nitrogens is 2. The van der Waals surface area contributed by atoms with Gasteiger partial charge in [-0.1, -0.05) is 46.7 Å². The largest absolute Gasteiger partial charge is 0.495 e. The quantitative estimate of drug-likeness (QED) is 0.0968. The molecule has 0 unspecified atom stereocenters. The molecule has 0 aliphatic carbocycles. The summed E-state index contributed by atoms with van der Waals surface area (Å²) in [5, 5.41) is 7.31. The Balaban J connectivity index is 0.000000186.